The van der Waals surface area contributed by atoms with Crippen molar-refractivity contribution in [2.24, 2.45) is 0 Å². The van der Waals surface area contributed by atoms with Crippen LogP contribution in [0.15, 0.2) is 42.5 Å². The van der Waals surface area contributed by atoms with E-state index in [1.165, 1.54) is 30.6 Å². The summed E-state index contributed by atoms with van der Waals surface area (Å²) in [5.41, 5.74) is 0.478. The smallest absolute Gasteiger partial charge is 0.261 e. The lowest BCUT2D eigenvalue weighted by atomic mass is 9.84. The highest BCUT2D eigenvalue weighted by Crippen LogP contribution is 2.34. The number of benzene rings is 2. The zero-order valence-electron chi connectivity index (χ0n) is 15.4. The molecule has 0 saturated heterocycles. The quantitative estimate of drug-likeness (QED) is 0.642. The topological polar surface area (TPSA) is 38.3 Å². The second-order valence-corrected chi connectivity index (χ2v) is 8.05. The van der Waals surface area contributed by atoms with Crippen LogP contribution in [0.5, 0.6) is 0 Å². The monoisotopic (exact) mass is 389 g/mol. The minimum absolute atomic E-state index is 0.139. The Morgan fingerprint density at radius 2 is 1.81 bits per heavy atom. The van der Waals surface area contributed by atoms with E-state index in [9.17, 15) is 13.6 Å². The normalized spacial score (nSPS) is 11.7. The van der Waals surface area contributed by atoms with Gasteiger partial charge in [-0.15, -0.1) is 11.3 Å². The van der Waals surface area contributed by atoms with Gasteiger partial charge in [-0.2, -0.15) is 0 Å². The summed E-state index contributed by atoms with van der Waals surface area (Å²) in [5.74, 6) is -0.991. The Morgan fingerprint density at radius 1 is 1.11 bits per heavy atom. The average molecular weight is 389 g/mol. The molecule has 0 bridgehead atoms. The van der Waals surface area contributed by atoms with Gasteiger partial charge in [0.1, 0.15) is 11.6 Å². The number of nitrogens with one attached hydrogen (secondary N) is 1. The van der Waals surface area contributed by atoms with Crippen LogP contribution >= 0.6 is 11.3 Å². The number of carbonyl (C=O) groups is 1. The highest BCUT2D eigenvalue weighted by Gasteiger charge is 2.26. The standard InChI is InChI=1S/C21H21F2NO2S/c1-21(2,14-7-4-5-8-15(14)22)12-24-20(25)19-13(11-26-3)18-16(23)9-6-10-17(18)27-19/h4-10H,11-12H2,1-3H3,(H,24,25). The minimum atomic E-state index is -0.593. The van der Waals surface area contributed by atoms with Crippen molar-refractivity contribution < 1.29 is 18.3 Å². The number of hydrogen-bond donors (Lipinski definition) is 1. The molecule has 27 heavy (non-hydrogen) atoms. The van der Waals surface area contributed by atoms with Gasteiger partial charge in [0.05, 0.1) is 11.5 Å². The number of methoxy groups -OCH3 is 1. The number of carbonyl (C=O) groups excluding carboxylic acids is 1. The molecule has 0 saturated carbocycles. The van der Waals surface area contributed by atoms with E-state index in [4.69, 9.17) is 4.74 Å². The highest BCUT2D eigenvalue weighted by atomic mass is 32.1. The summed E-state index contributed by atoms with van der Waals surface area (Å²) in [4.78, 5) is 13.2. The van der Waals surface area contributed by atoms with E-state index >= 15 is 0 Å². The van der Waals surface area contributed by atoms with Crippen LogP contribution in [0.4, 0.5) is 8.78 Å². The lowest BCUT2D eigenvalue weighted by molar-refractivity contribution is 0.0945. The van der Waals surface area contributed by atoms with Crippen molar-refractivity contribution in [1.29, 1.82) is 0 Å². The van der Waals surface area contributed by atoms with Crippen LogP contribution in [-0.4, -0.2) is 19.6 Å². The van der Waals surface area contributed by atoms with E-state index in [1.807, 2.05) is 13.8 Å². The van der Waals surface area contributed by atoms with Crippen molar-refractivity contribution >= 4 is 27.3 Å². The van der Waals surface area contributed by atoms with Crippen LogP contribution in [0.2, 0.25) is 0 Å². The van der Waals surface area contributed by atoms with Gasteiger partial charge in [-0.25, -0.2) is 8.78 Å². The van der Waals surface area contributed by atoms with E-state index in [2.05, 4.69) is 5.32 Å². The van der Waals surface area contributed by atoms with Crippen molar-refractivity contribution in [3.8, 4) is 0 Å². The predicted molar refractivity (Wildman–Crippen MR) is 104 cm³/mol. The third-order valence-corrected chi connectivity index (χ3v) is 5.75. The van der Waals surface area contributed by atoms with Gasteiger partial charge in [0.15, 0.2) is 0 Å². The second-order valence-electron chi connectivity index (χ2n) is 7.00. The molecule has 0 aliphatic heterocycles. The molecular formula is C21H21F2NO2S. The van der Waals surface area contributed by atoms with E-state index in [0.717, 1.165) is 0 Å². The Labute approximate surface area is 161 Å². The number of ether oxygens (including phenoxy) is 1. The Hall–Kier alpha value is -2.31. The minimum Gasteiger partial charge on any atom is -0.380 e. The second kappa shape index (κ2) is 7.74. The molecular weight excluding hydrogens is 368 g/mol. The first-order valence-electron chi connectivity index (χ1n) is 8.57. The summed E-state index contributed by atoms with van der Waals surface area (Å²) in [6, 6.07) is 11.3. The first-order chi connectivity index (χ1) is 12.8. The van der Waals surface area contributed by atoms with Gasteiger partial charge in [-0.3, -0.25) is 4.79 Å². The van der Waals surface area contributed by atoms with E-state index < -0.39 is 5.41 Å². The molecule has 1 amide bonds. The molecule has 0 fully saturated rings. The largest absolute Gasteiger partial charge is 0.380 e. The fraction of sp³-hybridized carbons (Fsp3) is 0.286. The molecule has 0 aliphatic carbocycles. The van der Waals surface area contributed by atoms with Gasteiger partial charge in [0.25, 0.3) is 5.91 Å². The molecule has 1 N–H and O–H groups in total. The van der Waals surface area contributed by atoms with Crippen molar-refractivity contribution in [2.75, 3.05) is 13.7 Å². The highest BCUT2D eigenvalue weighted by molar-refractivity contribution is 7.21. The van der Waals surface area contributed by atoms with Crippen molar-refractivity contribution in [3.05, 3.63) is 70.1 Å². The number of fused-ring (bicyclic) bond motifs is 1. The van der Waals surface area contributed by atoms with E-state index in [0.29, 0.717) is 26.1 Å². The van der Waals surface area contributed by atoms with Crippen LogP contribution in [0.1, 0.15) is 34.6 Å². The molecule has 0 radical (unpaired) electrons. The maximum absolute atomic E-state index is 14.3. The molecule has 142 valence electrons. The fourth-order valence-electron chi connectivity index (χ4n) is 3.12. The van der Waals surface area contributed by atoms with Crippen LogP contribution in [-0.2, 0) is 16.8 Å². The molecule has 0 unspecified atom stereocenters. The first-order valence-corrected chi connectivity index (χ1v) is 9.39. The summed E-state index contributed by atoms with van der Waals surface area (Å²) >= 11 is 1.23. The zero-order valence-corrected chi connectivity index (χ0v) is 16.3. The number of rotatable bonds is 6. The fourth-order valence-corrected chi connectivity index (χ4v) is 4.26. The Bertz CT molecular complexity index is 981. The summed E-state index contributed by atoms with van der Waals surface area (Å²) in [5, 5.41) is 3.29. The van der Waals surface area contributed by atoms with Gasteiger partial charge in [0, 0.05) is 34.7 Å². The summed E-state index contributed by atoms with van der Waals surface area (Å²) in [7, 11) is 1.51. The Balaban J connectivity index is 1.87. The molecule has 6 heteroatoms. The number of amides is 1. The van der Waals surface area contributed by atoms with Crippen LogP contribution in [0, 0.1) is 11.6 Å². The third-order valence-electron chi connectivity index (χ3n) is 4.55. The Morgan fingerprint density at radius 3 is 2.52 bits per heavy atom. The maximum Gasteiger partial charge on any atom is 0.261 e. The lowest BCUT2D eigenvalue weighted by Gasteiger charge is -2.26. The van der Waals surface area contributed by atoms with Crippen molar-refractivity contribution in [2.45, 2.75) is 25.9 Å². The molecule has 2 aromatic carbocycles. The third kappa shape index (κ3) is 3.87. The predicted octanol–water partition coefficient (Wildman–Crippen LogP) is 5.03. The van der Waals surface area contributed by atoms with Crippen LogP contribution in [0.3, 0.4) is 0 Å². The summed E-state index contributed by atoms with van der Waals surface area (Å²) < 4.78 is 34.3. The molecule has 0 atom stereocenters. The van der Waals surface area contributed by atoms with Gasteiger partial charge in [-0.1, -0.05) is 38.1 Å². The molecule has 1 heterocycles. The molecule has 1 aromatic heterocycles. The lowest BCUT2D eigenvalue weighted by Crippen LogP contribution is -2.37. The van der Waals surface area contributed by atoms with Crippen LogP contribution in [0.25, 0.3) is 10.1 Å². The summed E-state index contributed by atoms with van der Waals surface area (Å²) in [6.45, 7) is 4.12. The van der Waals surface area contributed by atoms with Gasteiger partial charge >= 0.3 is 0 Å². The van der Waals surface area contributed by atoms with E-state index in [1.54, 1.807) is 30.3 Å². The van der Waals surface area contributed by atoms with E-state index in [-0.39, 0.29) is 30.7 Å². The summed E-state index contributed by atoms with van der Waals surface area (Å²) in [6.07, 6.45) is 0. The molecule has 3 aromatic rings. The van der Waals surface area contributed by atoms with Crippen LogP contribution < -0.4 is 5.32 Å². The zero-order chi connectivity index (χ0) is 19.6. The molecule has 0 spiro atoms. The Kier molecular flexibility index (Phi) is 5.58. The molecule has 3 nitrogen and oxygen atoms in total. The average Bonchev–Trinajstić information content (AvgIpc) is 3.00. The molecule has 3 rings (SSSR count). The van der Waals surface area contributed by atoms with Gasteiger partial charge < -0.3 is 10.1 Å². The number of halogens is 2. The number of hydrogen-bond acceptors (Lipinski definition) is 3. The number of thiophene rings is 1. The first kappa shape index (κ1) is 19.5. The molecule has 0 aliphatic rings. The van der Waals surface area contributed by atoms with Crippen molar-refractivity contribution in [3.63, 3.8) is 0 Å². The maximum atomic E-state index is 14.3. The SMILES string of the molecule is COCc1c(C(=O)NCC(C)(C)c2ccccc2F)sc2cccc(F)c12. The van der Waals surface area contributed by atoms with Gasteiger partial charge in [0.2, 0.25) is 0 Å². The van der Waals surface area contributed by atoms with Gasteiger partial charge in [-0.05, 0) is 23.8 Å². The van der Waals surface area contributed by atoms with Crippen molar-refractivity contribution in [1.82, 2.24) is 5.32 Å².